The molecule has 1 heterocycles. The number of aliphatic imine (C=N–C) groups is 1. The largest absolute Gasteiger partial charge is 0.486 e. The molecule has 0 radical (unpaired) electrons. The fourth-order valence-corrected chi connectivity index (χ4v) is 4.54. The molecule has 0 unspecified atom stereocenters. The summed E-state index contributed by atoms with van der Waals surface area (Å²) in [5.74, 6) is -0.0174. The molecule has 1 fully saturated rings. The van der Waals surface area contributed by atoms with Gasteiger partial charge in [-0.25, -0.2) is 4.99 Å². The van der Waals surface area contributed by atoms with Crippen molar-refractivity contribution in [2.45, 2.75) is 13.5 Å². The number of non-ortho nitro benzene ring substituents is 1. The molecule has 34 heavy (non-hydrogen) atoms. The first-order valence-corrected chi connectivity index (χ1v) is 11.6. The van der Waals surface area contributed by atoms with E-state index in [0.717, 1.165) is 11.3 Å². The molecule has 1 aliphatic rings. The molecule has 3 aromatic rings. The number of carbonyl (C=O) groups is 1. The Bertz CT molecular complexity index is 1320. The predicted molar refractivity (Wildman–Crippen MR) is 136 cm³/mol. The molecule has 1 N–H and O–H groups in total. The van der Waals surface area contributed by atoms with Gasteiger partial charge in [-0.2, -0.15) is 0 Å². The summed E-state index contributed by atoms with van der Waals surface area (Å²) in [6.45, 7) is 2.04. The van der Waals surface area contributed by atoms with E-state index in [0.29, 0.717) is 21.2 Å². The van der Waals surface area contributed by atoms with Gasteiger partial charge in [0, 0.05) is 12.1 Å². The zero-order chi connectivity index (χ0) is 24.2. The molecule has 3 aromatic carbocycles. The third kappa shape index (κ3) is 5.77. The Balaban J connectivity index is 1.49. The highest BCUT2D eigenvalue weighted by atomic mass is 35.5. The molecule has 1 amide bonds. The molecular weight excluding hydrogens is 497 g/mol. The molecule has 0 bridgehead atoms. The predicted octanol–water partition coefficient (Wildman–Crippen LogP) is 6.68. The molecule has 10 heteroatoms. The summed E-state index contributed by atoms with van der Waals surface area (Å²) in [4.78, 5) is 27.8. The Morgan fingerprint density at radius 3 is 2.50 bits per heavy atom. The Morgan fingerprint density at radius 1 is 1.12 bits per heavy atom. The summed E-state index contributed by atoms with van der Waals surface area (Å²) >= 11 is 14.0. The molecule has 7 nitrogen and oxygen atoms in total. The van der Waals surface area contributed by atoms with Crippen molar-refractivity contribution < 1.29 is 14.5 Å². The summed E-state index contributed by atoms with van der Waals surface area (Å²) in [6.07, 6.45) is 1.67. The minimum absolute atomic E-state index is 0.0297. The normalized spacial score (nSPS) is 15.6. The topological polar surface area (TPSA) is 93.8 Å². The fourth-order valence-electron chi connectivity index (χ4n) is 3.08. The number of amides is 1. The maximum atomic E-state index is 12.4. The summed E-state index contributed by atoms with van der Waals surface area (Å²) in [5, 5.41) is 14.7. The Morgan fingerprint density at radius 2 is 1.82 bits per heavy atom. The van der Waals surface area contributed by atoms with Crippen LogP contribution in [0.15, 0.2) is 70.6 Å². The van der Waals surface area contributed by atoms with Gasteiger partial charge in [0.15, 0.2) is 10.9 Å². The van der Waals surface area contributed by atoms with Gasteiger partial charge in [-0.05, 0) is 60.2 Å². The highest BCUT2D eigenvalue weighted by Crippen LogP contribution is 2.37. The maximum Gasteiger partial charge on any atom is 0.269 e. The number of hydrogen-bond acceptors (Lipinski definition) is 6. The third-order valence-electron chi connectivity index (χ3n) is 4.74. The molecule has 0 spiro atoms. The number of ether oxygens (including phenoxy) is 1. The van der Waals surface area contributed by atoms with Crippen LogP contribution in [0.25, 0.3) is 6.08 Å². The monoisotopic (exact) mass is 513 g/mol. The van der Waals surface area contributed by atoms with E-state index in [1.165, 1.54) is 23.9 Å². The SMILES string of the molecule is Cc1ccc(N=C2NC(=O)/C(=C\c3cc(Cl)c(OCc4cccc([N+](=O)[O-])c4)c(Cl)c3)S2)cc1. The first-order chi connectivity index (χ1) is 16.3. The molecule has 1 saturated heterocycles. The van der Waals surface area contributed by atoms with Crippen molar-refractivity contribution in [3.8, 4) is 5.75 Å². The summed E-state index contributed by atoms with van der Waals surface area (Å²) in [5.41, 5.74) is 3.06. The number of benzene rings is 3. The second-order valence-corrected chi connectivity index (χ2v) is 9.19. The van der Waals surface area contributed by atoms with E-state index < -0.39 is 4.92 Å². The lowest BCUT2D eigenvalue weighted by molar-refractivity contribution is -0.384. The van der Waals surface area contributed by atoms with E-state index in [1.54, 1.807) is 30.3 Å². The number of nitrogens with zero attached hydrogens (tertiary/aromatic N) is 2. The minimum atomic E-state index is -0.472. The number of nitro benzene ring substituents is 1. The third-order valence-corrected chi connectivity index (χ3v) is 6.21. The second kappa shape index (κ2) is 10.3. The summed E-state index contributed by atoms with van der Waals surface area (Å²) in [7, 11) is 0. The molecule has 0 saturated carbocycles. The Kier molecular flexibility index (Phi) is 7.21. The first-order valence-electron chi connectivity index (χ1n) is 10.00. The number of halogens is 2. The molecule has 172 valence electrons. The number of amidine groups is 1. The molecule has 1 aliphatic heterocycles. The Hall–Kier alpha value is -3.33. The van der Waals surface area contributed by atoms with Gasteiger partial charge in [0.05, 0.1) is 25.6 Å². The van der Waals surface area contributed by atoms with E-state index in [4.69, 9.17) is 27.9 Å². The maximum absolute atomic E-state index is 12.4. The van der Waals surface area contributed by atoms with Gasteiger partial charge in [-0.1, -0.05) is 53.0 Å². The number of carbonyl (C=O) groups excluding carboxylic acids is 1. The Labute approximate surface area is 209 Å². The van der Waals surface area contributed by atoms with Crippen molar-refractivity contribution in [2.75, 3.05) is 0 Å². The minimum Gasteiger partial charge on any atom is -0.486 e. The highest BCUT2D eigenvalue weighted by Gasteiger charge is 2.24. The lowest BCUT2D eigenvalue weighted by Crippen LogP contribution is -2.19. The highest BCUT2D eigenvalue weighted by molar-refractivity contribution is 8.18. The van der Waals surface area contributed by atoms with Crippen molar-refractivity contribution in [1.82, 2.24) is 5.32 Å². The number of nitro groups is 1. The van der Waals surface area contributed by atoms with E-state index in [9.17, 15) is 14.9 Å². The van der Waals surface area contributed by atoms with Crippen LogP contribution in [-0.4, -0.2) is 16.0 Å². The molecule has 4 rings (SSSR count). The lowest BCUT2D eigenvalue weighted by atomic mass is 10.2. The van der Waals surface area contributed by atoms with E-state index in [2.05, 4.69) is 10.3 Å². The van der Waals surface area contributed by atoms with Crippen LogP contribution >= 0.6 is 35.0 Å². The van der Waals surface area contributed by atoms with Gasteiger partial charge >= 0.3 is 0 Å². The van der Waals surface area contributed by atoms with Gasteiger partial charge < -0.3 is 10.1 Å². The average Bonchev–Trinajstić information content (AvgIpc) is 3.13. The number of nitrogens with one attached hydrogen (secondary N) is 1. The van der Waals surface area contributed by atoms with Gasteiger partial charge in [0.1, 0.15) is 6.61 Å². The zero-order valence-corrected chi connectivity index (χ0v) is 20.1. The smallest absolute Gasteiger partial charge is 0.269 e. The lowest BCUT2D eigenvalue weighted by Gasteiger charge is -2.11. The standard InChI is InChI=1S/C24H17Cl2N3O4S/c1-14-5-7-17(8-6-14)27-24-28-23(30)21(34-24)12-16-10-19(25)22(20(26)11-16)33-13-15-3-2-4-18(9-15)29(31)32/h2-12H,13H2,1H3,(H,27,28,30)/b21-12+. The van der Waals surface area contributed by atoms with E-state index in [-0.39, 0.29) is 34.0 Å². The zero-order valence-electron chi connectivity index (χ0n) is 17.7. The first kappa shape index (κ1) is 23.8. The molecular formula is C24H17Cl2N3O4S. The van der Waals surface area contributed by atoms with Crippen LogP contribution in [-0.2, 0) is 11.4 Å². The quantitative estimate of drug-likeness (QED) is 0.225. The molecule has 0 atom stereocenters. The summed E-state index contributed by atoms with van der Waals surface area (Å²) < 4.78 is 5.72. The number of rotatable bonds is 6. The summed E-state index contributed by atoms with van der Waals surface area (Å²) in [6, 6.07) is 17.0. The fraction of sp³-hybridized carbons (Fsp3) is 0.0833. The second-order valence-electron chi connectivity index (χ2n) is 7.35. The average molecular weight is 514 g/mol. The van der Waals surface area contributed by atoms with Crippen molar-refractivity contribution in [3.05, 3.63) is 102 Å². The van der Waals surface area contributed by atoms with Crippen molar-refractivity contribution in [3.63, 3.8) is 0 Å². The van der Waals surface area contributed by atoms with Crippen molar-refractivity contribution in [1.29, 1.82) is 0 Å². The van der Waals surface area contributed by atoms with E-state index in [1.807, 2.05) is 31.2 Å². The van der Waals surface area contributed by atoms with Gasteiger partial charge in [0.25, 0.3) is 11.6 Å². The van der Waals surface area contributed by atoms with Gasteiger partial charge in [0.2, 0.25) is 0 Å². The van der Waals surface area contributed by atoms with E-state index >= 15 is 0 Å². The molecule has 0 aromatic heterocycles. The van der Waals surface area contributed by atoms with Crippen LogP contribution in [0.5, 0.6) is 5.75 Å². The number of thioether (sulfide) groups is 1. The molecule has 0 aliphatic carbocycles. The van der Waals surface area contributed by atoms with Crippen molar-refractivity contribution >= 4 is 63.5 Å². The van der Waals surface area contributed by atoms with Crippen LogP contribution in [0.2, 0.25) is 10.0 Å². The van der Waals surface area contributed by atoms with Crippen molar-refractivity contribution in [2.24, 2.45) is 4.99 Å². The van der Waals surface area contributed by atoms with Gasteiger partial charge in [-0.15, -0.1) is 0 Å². The van der Waals surface area contributed by atoms with Gasteiger partial charge in [-0.3, -0.25) is 14.9 Å². The van der Waals surface area contributed by atoms with Crippen LogP contribution in [0.1, 0.15) is 16.7 Å². The number of hydrogen-bond donors (Lipinski definition) is 1. The van der Waals surface area contributed by atoms with Crippen LogP contribution < -0.4 is 10.1 Å². The van der Waals surface area contributed by atoms with Crippen LogP contribution in [0.3, 0.4) is 0 Å². The van der Waals surface area contributed by atoms with Crippen LogP contribution in [0.4, 0.5) is 11.4 Å². The number of aryl methyl sites for hydroxylation is 1. The van der Waals surface area contributed by atoms with Crippen LogP contribution in [0, 0.1) is 17.0 Å².